The molecule has 2 N–H and O–H groups in total. The quantitative estimate of drug-likeness (QED) is 0.683. The molecule has 0 spiro atoms. The number of nitrogens with two attached hydrogens (primary N) is 1. The molecule has 2 aromatic rings. The molecule has 2 rings (SSSR count). The van der Waals surface area contributed by atoms with Gasteiger partial charge < -0.3 is 14.9 Å². The zero-order valence-corrected chi connectivity index (χ0v) is 11.6. The number of hydrogen-bond donors (Lipinski definition) is 1. The number of oxazole rings is 1. The number of nitrogens with zero attached hydrogens (tertiary/aromatic N) is 1. The Labute approximate surface area is 126 Å². The minimum Gasteiger partial charge on any atom is -0.406 e. The van der Waals surface area contributed by atoms with E-state index >= 15 is 0 Å². The van der Waals surface area contributed by atoms with Crippen LogP contribution >= 0.6 is 0 Å². The molecule has 126 valence electrons. The van der Waals surface area contributed by atoms with E-state index in [1.54, 1.807) is 0 Å². The topological polar surface area (TPSA) is 52.3 Å². The smallest absolute Gasteiger partial charge is 0.406 e. The highest BCUT2D eigenvalue weighted by molar-refractivity contribution is 5.66. The number of halogens is 6. The van der Waals surface area contributed by atoms with Crippen LogP contribution in [0, 0.1) is 0 Å². The predicted octanol–water partition coefficient (Wildman–Crippen LogP) is 3.75. The molecular weight excluding hydrogens is 330 g/mol. The van der Waals surface area contributed by atoms with Crippen molar-refractivity contribution in [2.45, 2.75) is 26.0 Å². The summed E-state index contributed by atoms with van der Waals surface area (Å²) < 4.78 is 84.0. The van der Waals surface area contributed by atoms with Gasteiger partial charge in [-0.2, -0.15) is 17.7 Å². The van der Waals surface area contributed by atoms with Gasteiger partial charge in [0.15, 0.2) is 0 Å². The third-order valence-electron chi connectivity index (χ3n) is 2.88. The van der Waals surface area contributed by atoms with E-state index in [9.17, 15) is 26.3 Å². The minimum absolute atomic E-state index is 0.0709. The summed E-state index contributed by atoms with van der Waals surface area (Å²) in [5.74, 6) is -2.27. The van der Waals surface area contributed by atoms with Crippen molar-refractivity contribution in [3.63, 3.8) is 0 Å². The summed E-state index contributed by atoms with van der Waals surface area (Å²) >= 11 is 0. The second kappa shape index (κ2) is 5.67. The van der Waals surface area contributed by atoms with Gasteiger partial charge >= 0.3 is 18.4 Å². The van der Waals surface area contributed by atoms with Gasteiger partial charge in [0.25, 0.3) is 11.6 Å². The minimum atomic E-state index is -4.86. The van der Waals surface area contributed by atoms with E-state index in [0.717, 1.165) is 28.8 Å². The first-order valence-corrected chi connectivity index (χ1v) is 6.28. The molecule has 0 fully saturated rings. The SMILES string of the molecule is CC[n+]1c(C(F)(F)F)oc(N)c1-c1ccc(OC(F)(F)F)cc1. The van der Waals surface area contributed by atoms with Crippen LogP contribution in [0.25, 0.3) is 11.3 Å². The molecule has 0 amide bonds. The molecule has 1 heterocycles. The number of nitrogen functional groups attached to an aromatic ring is 1. The van der Waals surface area contributed by atoms with E-state index in [4.69, 9.17) is 5.73 Å². The molecule has 4 nitrogen and oxygen atoms in total. The molecule has 0 aliphatic carbocycles. The largest absolute Gasteiger partial charge is 0.573 e. The van der Waals surface area contributed by atoms with Crippen LogP contribution in [0.3, 0.4) is 0 Å². The Bertz CT molecular complexity index is 688. The van der Waals surface area contributed by atoms with Crippen molar-refractivity contribution in [3.05, 3.63) is 30.2 Å². The van der Waals surface area contributed by atoms with Crippen LogP contribution in [0.4, 0.5) is 32.2 Å². The van der Waals surface area contributed by atoms with E-state index in [1.807, 2.05) is 0 Å². The molecule has 0 saturated heterocycles. The monoisotopic (exact) mass is 341 g/mol. The van der Waals surface area contributed by atoms with Gasteiger partial charge in [-0.1, -0.05) is 0 Å². The fourth-order valence-electron chi connectivity index (χ4n) is 2.07. The highest BCUT2D eigenvalue weighted by atomic mass is 19.4. The van der Waals surface area contributed by atoms with Crippen LogP contribution in [0.2, 0.25) is 0 Å². The van der Waals surface area contributed by atoms with E-state index in [1.165, 1.54) is 6.92 Å². The fraction of sp³-hybridized carbons (Fsp3) is 0.308. The van der Waals surface area contributed by atoms with Crippen molar-refractivity contribution in [1.29, 1.82) is 0 Å². The average molecular weight is 341 g/mol. The van der Waals surface area contributed by atoms with Crippen molar-refractivity contribution in [2.24, 2.45) is 0 Å². The van der Waals surface area contributed by atoms with Crippen molar-refractivity contribution in [2.75, 3.05) is 5.73 Å². The lowest BCUT2D eigenvalue weighted by atomic mass is 10.1. The Hall–Kier alpha value is -2.39. The molecule has 0 bridgehead atoms. The summed E-state index contributed by atoms with van der Waals surface area (Å²) in [4.78, 5) is 0. The molecule has 1 aromatic heterocycles. The third kappa shape index (κ3) is 3.69. The Kier molecular flexibility index (Phi) is 4.18. The van der Waals surface area contributed by atoms with Gasteiger partial charge in [0.05, 0.1) is 5.56 Å². The molecular formula is C13H11F6N2O2+. The van der Waals surface area contributed by atoms with Gasteiger partial charge in [-0.15, -0.1) is 13.2 Å². The summed E-state index contributed by atoms with van der Waals surface area (Å²) in [5, 5.41) is 0. The Morgan fingerprint density at radius 3 is 2.09 bits per heavy atom. The summed E-state index contributed by atoms with van der Waals surface area (Å²) in [6.45, 7) is 1.36. The first-order valence-electron chi connectivity index (χ1n) is 6.28. The van der Waals surface area contributed by atoms with Gasteiger partial charge in [-0.25, -0.2) is 0 Å². The standard InChI is InChI=1S/C13H11F6N2O2/c1-2-21-9(10(20)22-11(21)12(14,15)16)7-3-5-8(6-4-7)23-13(17,18)19/h3-6H,2,20H2,1H3/q+1. The number of rotatable bonds is 3. The van der Waals surface area contributed by atoms with Crippen LogP contribution in [-0.2, 0) is 12.7 Å². The van der Waals surface area contributed by atoms with Crippen molar-refractivity contribution in [3.8, 4) is 17.0 Å². The number of ether oxygens (including phenoxy) is 1. The maximum Gasteiger partial charge on any atom is 0.573 e. The number of hydrogen-bond acceptors (Lipinski definition) is 3. The fourth-order valence-corrected chi connectivity index (χ4v) is 2.07. The molecule has 0 aliphatic heterocycles. The number of anilines is 1. The van der Waals surface area contributed by atoms with Gasteiger partial charge in [0.1, 0.15) is 12.3 Å². The Morgan fingerprint density at radius 1 is 1.09 bits per heavy atom. The summed E-state index contributed by atoms with van der Waals surface area (Å²) in [6, 6.07) is 4.27. The molecule has 1 aromatic carbocycles. The van der Waals surface area contributed by atoms with E-state index < -0.39 is 30.1 Å². The number of alkyl halides is 6. The lowest BCUT2D eigenvalue weighted by Crippen LogP contribution is -2.40. The van der Waals surface area contributed by atoms with Gasteiger partial charge in [-0.05, 0) is 31.2 Å². The Morgan fingerprint density at radius 2 is 1.65 bits per heavy atom. The normalized spacial score (nSPS) is 12.5. The lowest BCUT2D eigenvalue weighted by molar-refractivity contribution is -0.706. The van der Waals surface area contributed by atoms with Crippen LogP contribution in [0.5, 0.6) is 5.75 Å². The van der Waals surface area contributed by atoms with Crippen LogP contribution in [0.15, 0.2) is 28.7 Å². The van der Waals surface area contributed by atoms with E-state index in [2.05, 4.69) is 9.15 Å². The summed E-state index contributed by atoms with van der Waals surface area (Å²) in [5.41, 5.74) is 5.58. The number of benzene rings is 1. The molecule has 0 radical (unpaired) electrons. The van der Waals surface area contributed by atoms with Crippen LogP contribution in [0.1, 0.15) is 12.8 Å². The van der Waals surface area contributed by atoms with Crippen molar-refractivity contribution >= 4 is 5.88 Å². The van der Waals surface area contributed by atoms with Crippen molar-refractivity contribution < 1.29 is 40.1 Å². The molecule has 10 heteroatoms. The van der Waals surface area contributed by atoms with Gasteiger partial charge in [0.2, 0.25) is 0 Å². The molecule has 23 heavy (non-hydrogen) atoms. The van der Waals surface area contributed by atoms with Gasteiger partial charge in [-0.3, -0.25) is 0 Å². The predicted molar refractivity (Wildman–Crippen MR) is 66.1 cm³/mol. The maximum atomic E-state index is 12.9. The molecule has 0 aliphatic rings. The van der Waals surface area contributed by atoms with Crippen molar-refractivity contribution in [1.82, 2.24) is 0 Å². The zero-order chi connectivity index (χ0) is 17.4. The second-order valence-corrected chi connectivity index (χ2v) is 4.43. The van der Waals surface area contributed by atoms with Crippen LogP contribution < -0.4 is 15.0 Å². The maximum absolute atomic E-state index is 12.9. The van der Waals surface area contributed by atoms with Gasteiger partial charge in [0, 0.05) is 0 Å². The first kappa shape index (κ1) is 17.0. The summed E-state index contributed by atoms with van der Waals surface area (Å²) in [6.07, 6.45) is -9.61. The average Bonchev–Trinajstić information content (AvgIpc) is 2.75. The zero-order valence-electron chi connectivity index (χ0n) is 11.6. The lowest BCUT2D eigenvalue weighted by Gasteiger charge is -2.08. The highest BCUT2D eigenvalue weighted by Crippen LogP contribution is 2.34. The van der Waals surface area contributed by atoms with E-state index in [-0.39, 0.29) is 17.8 Å². The van der Waals surface area contributed by atoms with Crippen LogP contribution in [-0.4, -0.2) is 6.36 Å². The molecule has 0 atom stereocenters. The second-order valence-electron chi connectivity index (χ2n) is 4.43. The molecule has 0 saturated carbocycles. The van der Waals surface area contributed by atoms with E-state index in [0.29, 0.717) is 0 Å². The highest BCUT2D eigenvalue weighted by Gasteiger charge is 2.48. The summed E-state index contributed by atoms with van der Waals surface area (Å²) in [7, 11) is 0. The Balaban J connectivity index is 2.45. The first-order chi connectivity index (χ1) is 10.5. The number of aromatic nitrogens is 1. The third-order valence-corrected chi connectivity index (χ3v) is 2.88. The molecule has 0 unspecified atom stereocenters.